The van der Waals surface area contributed by atoms with Gasteiger partial charge in [-0.25, -0.2) is 0 Å². The first-order chi connectivity index (χ1) is 9.25. The SMILES string of the molecule is O=C1CCN(Cc2ccccc2)C(=O)c2[nH]ccc21. The number of H-pyrrole nitrogens is 1. The molecule has 0 radical (unpaired) electrons. The summed E-state index contributed by atoms with van der Waals surface area (Å²) in [4.78, 5) is 28.9. The summed E-state index contributed by atoms with van der Waals surface area (Å²) in [6.07, 6.45) is 2.02. The van der Waals surface area contributed by atoms with Crippen molar-refractivity contribution >= 4 is 11.7 Å². The molecule has 2 heterocycles. The summed E-state index contributed by atoms with van der Waals surface area (Å²) in [6, 6.07) is 11.5. The van der Waals surface area contributed by atoms with Crippen molar-refractivity contribution in [2.45, 2.75) is 13.0 Å². The maximum atomic E-state index is 12.4. The lowest BCUT2D eigenvalue weighted by atomic mass is 10.1. The van der Waals surface area contributed by atoms with Gasteiger partial charge in [-0.05, 0) is 11.6 Å². The first-order valence-corrected chi connectivity index (χ1v) is 6.29. The fourth-order valence-corrected chi connectivity index (χ4v) is 2.36. The van der Waals surface area contributed by atoms with E-state index in [0.717, 1.165) is 5.56 Å². The second kappa shape index (κ2) is 4.72. The molecule has 0 spiro atoms. The number of aromatic nitrogens is 1. The van der Waals surface area contributed by atoms with Crippen LogP contribution in [0.25, 0.3) is 0 Å². The second-order valence-electron chi connectivity index (χ2n) is 4.65. The quantitative estimate of drug-likeness (QED) is 0.893. The van der Waals surface area contributed by atoms with Crippen LogP contribution in [-0.4, -0.2) is 28.1 Å². The highest BCUT2D eigenvalue weighted by molar-refractivity contribution is 6.08. The lowest BCUT2D eigenvalue weighted by molar-refractivity contribution is 0.0741. The number of ketones is 1. The summed E-state index contributed by atoms with van der Waals surface area (Å²) in [5, 5.41) is 0. The summed E-state index contributed by atoms with van der Waals surface area (Å²) in [6.45, 7) is 1.00. The zero-order valence-corrected chi connectivity index (χ0v) is 10.4. The lowest BCUT2D eigenvalue weighted by Gasteiger charge is -2.20. The van der Waals surface area contributed by atoms with Gasteiger partial charge in [-0.15, -0.1) is 0 Å². The van der Waals surface area contributed by atoms with E-state index in [-0.39, 0.29) is 11.7 Å². The van der Waals surface area contributed by atoms with E-state index in [4.69, 9.17) is 0 Å². The molecule has 1 aromatic carbocycles. The van der Waals surface area contributed by atoms with E-state index >= 15 is 0 Å². The van der Waals surface area contributed by atoms with E-state index in [2.05, 4.69) is 4.98 Å². The molecular weight excluding hydrogens is 240 g/mol. The molecule has 1 N–H and O–H groups in total. The number of nitrogens with one attached hydrogen (secondary N) is 1. The molecule has 19 heavy (non-hydrogen) atoms. The summed E-state index contributed by atoms with van der Waals surface area (Å²) in [5.74, 6) is -0.0742. The molecule has 4 nitrogen and oxygen atoms in total. The fourth-order valence-electron chi connectivity index (χ4n) is 2.36. The molecule has 1 aliphatic rings. The van der Waals surface area contributed by atoms with Crippen molar-refractivity contribution in [2.75, 3.05) is 6.54 Å². The van der Waals surface area contributed by atoms with Gasteiger partial charge in [-0.3, -0.25) is 9.59 Å². The molecule has 1 aromatic heterocycles. The minimum absolute atomic E-state index is 0.0279. The van der Waals surface area contributed by atoms with Gasteiger partial charge in [0.05, 0.1) is 0 Å². The molecular formula is C15H14N2O2. The third kappa shape index (κ3) is 2.17. The Morgan fingerprint density at radius 3 is 2.68 bits per heavy atom. The molecule has 0 bridgehead atoms. The number of rotatable bonds is 2. The Labute approximate surface area is 111 Å². The second-order valence-corrected chi connectivity index (χ2v) is 4.65. The number of aromatic amines is 1. The average molecular weight is 254 g/mol. The van der Waals surface area contributed by atoms with E-state index in [9.17, 15) is 9.59 Å². The molecule has 96 valence electrons. The summed E-state index contributed by atoms with van der Waals surface area (Å²) in [7, 11) is 0. The van der Waals surface area contributed by atoms with Crippen molar-refractivity contribution in [3.63, 3.8) is 0 Å². The zero-order chi connectivity index (χ0) is 13.2. The van der Waals surface area contributed by atoms with Gasteiger partial charge in [-0.1, -0.05) is 30.3 Å². The van der Waals surface area contributed by atoms with Crippen molar-refractivity contribution in [3.8, 4) is 0 Å². The maximum Gasteiger partial charge on any atom is 0.271 e. The highest BCUT2D eigenvalue weighted by Crippen LogP contribution is 2.19. The third-order valence-corrected chi connectivity index (χ3v) is 3.37. The monoisotopic (exact) mass is 254 g/mol. The molecule has 0 unspecified atom stereocenters. The van der Waals surface area contributed by atoms with Gasteiger partial charge >= 0.3 is 0 Å². The number of fused-ring (bicyclic) bond motifs is 1. The standard InChI is InChI=1S/C15H14N2O2/c18-13-7-9-17(10-11-4-2-1-3-5-11)15(19)14-12(13)6-8-16-14/h1-6,8,16H,7,9-10H2. The number of Topliss-reactive ketones (excluding diaryl/α,β-unsaturated/α-hetero) is 1. The Hall–Kier alpha value is -2.36. The van der Waals surface area contributed by atoms with E-state index in [1.54, 1.807) is 17.2 Å². The van der Waals surface area contributed by atoms with Crippen LogP contribution in [0.1, 0.15) is 32.8 Å². The Bertz CT molecular complexity index is 616. The summed E-state index contributed by atoms with van der Waals surface area (Å²) < 4.78 is 0. The first-order valence-electron chi connectivity index (χ1n) is 6.29. The van der Waals surface area contributed by atoms with Crippen LogP contribution in [0.4, 0.5) is 0 Å². The van der Waals surface area contributed by atoms with Crippen LogP contribution >= 0.6 is 0 Å². The lowest BCUT2D eigenvalue weighted by Crippen LogP contribution is -2.30. The minimum Gasteiger partial charge on any atom is -0.357 e. The number of carbonyl (C=O) groups is 2. The Balaban J connectivity index is 1.88. The molecule has 0 aliphatic carbocycles. The Morgan fingerprint density at radius 1 is 1.11 bits per heavy atom. The maximum absolute atomic E-state index is 12.4. The van der Waals surface area contributed by atoms with Crippen molar-refractivity contribution in [1.29, 1.82) is 0 Å². The van der Waals surface area contributed by atoms with Gasteiger partial charge in [0.1, 0.15) is 5.69 Å². The minimum atomic E-state index is -0.102. The highest BCUT2D eigenvalue weighted by Gasteiger charge is 2.27. The molecule has 0 atom stereocenters. The summed E-state index contributed by atoms with van der Waals surface area (Å²) in [5.41, 5.74) is 2.00. The fraction of sp³-hybridized carbons (Fsp3) is 0.200. The largest absolute Gasteiger partial charge is 0.357 e. The first kappa shape index (κ1) is 11.7. The highest BCUT2D eigenvalue weighted by atomic mass is 16.2. The van der Waals surface area contributed by atoms with Crippen molar-refractivity contribution in [1.82, 2.24) is 9.88 Å². The molecule has 0 fully saturated rings. The van der Waals surface area contributed by atoms with Gasteiger partial charge in [0.25, 0.3) is 5.91 Å². The van der Waals surface area contributed by atoms with Crippen LogP contribution in [0.15, 0.2) is 42.6 Å². The number of hydrogen-bond acceptors (Lipinski definition) is 2. The van der Waals surface area contributed by atoms with Gasteiger partial charge in [0.15, 0.2) is 5.78 Å². The predicted molar refractivity (Wildman–Crippen MR) is 70.9 cm³/mol. The average Bonchev–Trinajstić information content (AvgIpc) is 2.89. The van der Waals surface area contributed by atoms with E-state index in [0.29, 0.717) is 30.8 Å². The van der Waals surface area contributed by atoms with Crippen molar-refractivity contribution < 1.29 is 9.59 Å². The van der Waals surface area contributed by atoms with Crippen LogP contribution in [0.2, 0.25) is 0 Å². The van der Waals surface area contributed by atoms with E-state index in [1.807, 2.05) is 30.3 Å². The third-order valence-electron chi connectivity index (χ3n) is 3.37. The molecule has 0 saturated heterocycles. The van der Waals surface area contributed by atoms with Gasteiger partial charge < -0.3 is 9.88 Å². The molecule has 4 heteroatoms. The Morgan fingerprint density at radius 2 is 1.89 bits per heavy atom. The Kier molecular flexibility index (Phi) is 2.91. The van der Waals surface area contributed by atoms with Gasteiger partial charge in [0.2, 0.25) is 0 Å². The number of carbonyl (C=O) groups excluding carboxylic acids is 2. The number of hydrogen-bond donors (Lipinski definition) is 1. The molecule has 0 saturated carbocycles. The van der Waals surface area contributed by atoms with Crippen LogP contribution in [-0.2, 0) is 6.54 Å². The van der Waals surface area contributed by atoms with Crippen molar-refractivity contribution in [3.05, 3.63) is 59.4 Å². The normalized spacial score (nSPS) is 15.3. The molecule has 2 aromatic rings. The van der Waals surface area contributed by atoms with E-state index < -0.39 is 0 Å². The van der Waals surface area contributed by atoms with Crippen LogP contribution in [0, 0.1) is 0 Å². The smallest absolute Gasteiger partial charge is 0.271 e. The number of nitrogens with zero attached hydrogens (tertiary/aromatic N) is 1. The van der Waals surface area contributed by atoms with Gasteiger partial charge in [-0.2, -0.15) is 0 Å². The van der Waals surface area contributed by atoms with Gasteiger partial charge in [0, 0.05) is 31.3 Å². The van der Waals surface area contributed by atoms with Crippen molar-refractivity contribution in [2.24, 2.45) is 0 Å². The number of benzene rings is 1. The predicted octanol–water partition coefficient (Wildman–Crippen LogP) is 2.24. The number of amides is 1. The zero-order valence-electron chi connectivity index (χ0n) is 10.4. The molecule has 1 amide bonds. The van der Waals surface area contributed by atoms with E-state index in [1.165, 1.54) is 0 Å². The topological polar surface area (TPSA) is 53.2 Å². The molecule has 3 rings (SSSR count). The van der Waals surface area contributed by atoms with Crippen LogP contribution < -0.4 is 0 Å². The van der Waals surface area contributed by atoms with Crippen LogP contribution in [0.3, 0.4) is 0 Å². The van der Waals surface area contributed by atoms with Crippen LogP contribution in [0.5, 0.6) is 0 Å². The summed E-state index contributed by atoms with van der Waals surface area (Å²) >= 11 is 0. The molecule has 1 aliphatic heterocycles.